The number of benzene rings is 1. The van der Waals surface area contributed by atoms with Crippen LogP contribution in [0.4, 0.5) is 4.39 Å². The fourth-order valence-corrected chi connectivity index (χ4v) is 6.08. The average molecular weight is 440 g/mol. The van der Waals surface area contributed by atoms with Gasteiger partial charge in [0, 0.05) is 58.0 Å². The van der Waals surface area contributed by atoms with Crippen molar-refractivity contribution in [1.29, 1.82) is 0 Å². The highest BCUT2D eigenvalue weighted by atomic mass is 32.2. The number of sulfonamides is 1. The maximum absolute atomic E-state index is 14.4. The molecule has 0 aliphatic carbocycles. The van der Waals surface area contributed by atoms with E-state index in [0.717, 1.165) is 64.4 Å². The van der Waals surface area contributed by atoms with Gasteiger partial charge in [0.2, 0.25) is 10.0 Å². The molecule has 0 spiro atoms. The number of carbonyl (C=O) groups excluding carboxylic acids is 1. The quantitative estimate of drug-likeness (QED) is 0.701. The van der Waals surface area contributed by atoms with Crippen molar-refractivity contribution in [3.05, 3.63) is 29.6 Å². The van der Waals surface area contributed by atoms with Gasteiger partial charge in [0.05, 0.1) is 6.10 Å². The van der Waals surface area contributed by atoms with Gasteiger partial charge >= 0.3 is 0 Å². The standard InChI is InChI=1S/C21H30FN3O4S/c22-19-7-6-17(15-20(19)30(27,28)25-8-2-1-3-9-25)21(26)24-12-10-23(11-13-24)16-18-5-4-14-29-18/h6-7,15,18H,1-5,8-14,16H2. The van der Waals surface area contributed by atoms with Crippen LogP contribution in [-0.2, 0) is 14.8 Å². The number of piperazine rings is 1. The first-order chi connectivity index (χ1) is 14.4. The van der Waals surface area contributed by atoms with Crippen molar-refractivity contribution in [2.75, 3.05) is 52.4 Å². The van der Waals surface area contributed by atoms with Crippen LogP contribution in [0.5, 0.6) is 0 Å². The highest BCUT2D eigenvalue weighted by molar-refractivity contribution is 7.89. The molecule has 3 saturated heterocycles. The number of halogens is 1. The number of amides is 1. The monoisotopic (exact) mass is 439 g/mol. The number of piperidine rings is 1. The molecule has 166 valence electrons. The maximum Gasteiger partial charge on any atom is 0.253 e. The van der Waals surface area contributed by atoms with E-state index in [9.17, 15) is 17.6 Å². The van der Waals surface area contributed by atoms with Crippen molar-refractivity contribution in [2.45, 2.75) is 43.1 Å². The maximum atomic E-state index is 14.4. The minimum atomic E-state index is -3.94. The molecule has 3 heterocycles. The van der Waals surface area contributed by atoms with Gasteiger partial charge < -0.3 is 9.64 Å². The van der Waals surface area contributed by atoms with Gasteiger partial charge in [-0.3, -0.25) is 9.69 Å². The Morgan fingerprint density at radius 2 is 1.77 bits per heavy atom. The Balaban J connectivity index is 1.43. The molecule has 0 bridgehead atoms. The molecule has 7 nitrogen and oxygen atoms in total. The summed E-state index contributed by atoms with van der Waals surface area (Å²) in [5, 5.41) is 0. The van der Waals surface area contributed by atoms with E-state index in [2.05, 4.69) is 4.90 Å². The zero-order valence-corrected chi connectivity index (χ0v) is 18.1. The van der Waals surface area contributed by atoms with Gasteiger partial charge in [-0.2, -0.15) is 4.31 Å². The molecular weight excluding hydrogens is 409 g/mol. The van der Waals surface area contributed by atoms with E-state index in [1.807, 2.05) is 0 Å². The number of nitrogens with zero attached hydrogens (tertiary/aromatic N) is 3. The molecule has 1 aromatic rings. The topological polar surface area (TPSA) is 70.2 Å². The van der Waals surface area contributed by atoms with Crippen LogP contribution in [0.3, 0.4) is 0 Å². The second-order valence-electron chi connectivity index (χ2n) is 8.34. The van der Waals surface area contributed by atoms with Gasteiger partial charge in [0.15, 0.2) is 0 Å². The van der Waals surface area contributed by atoms with Gasteiger partial charge in [-0.15, -0.1) is 0 Å². The molecule has 1 amide bonds. The Morgan fingerprint density at radius 1 is 1.03 bits per heavy atom. The molecule has 3 aliphatic rings. The first kappa shape index (κ1) is 21.7. The molecule has 3 fully saturated rings. The molecule has 0 saturated carbocycles. The smallest absolute Gasteiger partial charge is 0.253 e. The summed E-state index contributed by atoms with van der Waals surface area (Å²) >= 11 is 0. The van der Waals surface area contributed by atoms with Crippen LogP contribution < -0.4 is 0 Å². The van der Waals surface area contributed by atoms with Crippen molar-refractivity contribution < 1.29 is 22.3 Å². The van der Waals surface area contributed by atoms with E-state index in [4.69, 9.17) is 4.74 Å². The lowest BCUT2D eigenvalue weighted by molar-refractivity contribution is 0.0432. The molecule has 9 heteroatoms. The van der Waals surface area contributed by atoms with Crippen molar-refractivity contribution in [1.82, 2.24) is 14.1 Å². The van der Waals surface area contributed by atoms with Gasteiger partial charge in [-0.05, 0) is 43.9 Å². The molecule has 3 aliphatic heterocycles. The third-order valence-electron chi connectivity index (χ3n) is 6.26. The first-order valence-electron chi connectivity index (χ1n) is 10.9. The van der Waals surface area contributed by atoms with Crippen LogP contribution in [0.25, 0.3) is 0 Å². The molecule has 1 aromatic carbocycles. The van der Waals surface area contributed by atoms with Crippen LogP contribution >= 0.6 is 0 Å². The van der Waals surface area contributed by atoms with Gasteiger partial charge in [0.25, 0.3) is 5.91 Å². The van der Waals surface area contributed by atoms with Crippen molar-refractivity contribution in [3.63, 3.8) is 0 Å². The lowest BCUT2D eigenvalue weighted by atomic mass is 10.1. The fraction of sp³-hybridized carbons (Fsp3) is 0.667. The van der Waals surface area contributed by atoms with Crippen LogP contribution in [0, 0.1) is 5.82 Å². The van der Waals surface area contributed by atoms with Crippen molar-refractivity contribution in [3.8, 4) is 0 Å². The van der Waals surface area contributed by atoms with E-state index < -0.39 is 20.7 Å². The summed E-state index contributed by atoms with van der Waals surface area (Å²) in [5.41, 5.74) is 0.222. The largest absolute Gasteiger partial charge is 0.377 e. The van der Waals surface area contributed by atoms with Gasteiger partial charge in [-0.25, -0.2) is 12.8 Å². The second kappa shape index (κ2) is 9.30. The number of ether oxygens (including phenoxy) is 1. The van der Waals surface area contributed by atoms with E-state index in [1.165, 1.54) is 16.4 Å². The summed E-state index contributed by atoms with van der Waals surface area (Å²) in [5.74, 6) is -1.06. The van der Waals surface area contributed by atoms with Crippen molar-refractivity contribution >= 4 is 15.9 Å². The molecule has 4 rings (SSSR count). The fourth-order valence-electron chi connectivity index (χ4n) is 4.47. The molecule has 0 aromatic heterocycles. The Labute approximate surface area is 177 Å². The van der Waals surface area contributed by atoms with E-state index >= 15 is 0 Å². The molecule has 0 radical (unpaired) electrons. The van der Waals surface area contributed by atoms with E-state index in [0.29, 0.717) is 26.2 Å². The summed E-state index contributed by atoms with van der Waals surface area (Å²) in [6.07, 6.45) is 5.00. The normalized spacial score (nSPS) is 24.3. The predicted octanol–water partition coefficient (Wildman–Crippen LogP) is 1.94. The van der Waals surface area contributed by atoms with E-state index in [1.54, 1.807) is 4.90 Å². The Hall–Kier alpha value is -1.55. The number of hydrogen-bond acceptors (Lipinski definition) is 5. The average Bonchev–Trinajstić information content (AvgIpc) is 3.28. The zero-order chi connectivity index (χ0) is 21.1. The first-order valence-corrected chi connectivity index (χ1v) is 12.3. The Morgan fingerprint density at radius 3 is 2.43 bits per heavy atom. The Kier molecular flexibility index (Phi) is 6.72. The van der Waals surface area contributed by atoms with Crippen LogP contribution in [0.2, 0.25) is 0 Å². The zero-order valence-electron chi connectivity index (χ0n) is 17.3. The predicted molar refractivity (Wildman–Crippen MR) is 110 cm³/mol. The summed E-state index contributed by atoms with van der Waals surface area (Å²) in [6, 6.07) is 3.68. The van der Waals surface area contributed by atoms with Gasteiger partial charge in [0.1, 0.15) is 10.7 Å². The van der Waals surface area contributed by atoms with Crippen LogP contribution in [0.1, 0.15) is 42.5 Å². The number of carbonyl (C=O) groups is 1. The van der Waals surface area contributed by atoms with E-state index in [-0.39, 0.29) is 17.6 Å². The third kappa shape index (κ3) is 4.69. The summed E-state index contributed by atoms with van der Waals surface area (Å²) < 4.78 is 47.3. The highest BCUT2D eigenvalue weighted by Gasteiger charge is 2.31. The molecule has 1 unspecified atom stereocenters. The third-order valence-corrected chi connectivity index (χ3v) is 8.17. The molecule has 30 heavy (non-hydrogen) atoms. The van der Waals surface area contributed by atoms with Crippen LogP contribution in [0.15, 0.2) is 23.1 Å². The minimum absolute atomic E-state index is 0.222. The molecule has 0 N–H and O–H groups in total. The number of rotatable bonds is 5. The Bertz CT molecular complexity index is 859. The summed E-state index contributed by atoms with van der Waals surface area (Å²) in [7, 11) is -3.94. The van der Waals surface area contributed by atoms with Gasteiger partial charge in [-0.1, -0.05) is 6.42 Å². The molecular formula is C21H30FN3O4S. The lowest BCUT2D eigenvalue weighted by Crippen LogP contribution is -2.50. The molecule has 1 atom stereocenters. The van der Waals surface area contributed by atoms with Crippen LogP contribution in [-0.4, -0.2) is 87.0 Å². The minimum Gasteiger partial charge on any atom is -0.377 e. The highest BCUT2D eigenvalue weighted by Crippen LogP contribution is 2.25. The number of hydrogen-bond donors (Lipinski definition) is 0. The lowest BCUT2D eigenvalue weighted by Gasteiger charge is -2.35. The second-order valence-corrected chi connectivity index (χ2v) is 10.2. The summed E-state index contributed by atoms with van der Waals surface area (Å²) in [4.78, 5) is 16.6. The SMILES string of the molecule is O=C(c1ccc(F)c(S(=O)(=O)N2CCCCC2)c1)N1CCN(CC2CCCO2)CC1. The van der Waals surface area contributed by atoms with Crippen molar-refractivity contribution in [2.24, 2.45) is 0 Å². The summed E-state index contributed by atoms with van der Waals surface area (Å²) in [6.45, 7) is 5.15.